The number of ether oxygens (including phenoxy) is 1. The van der Waals surface area contributed by atoms with Crippen molar-refractivity contribution < 1.29 is 24.0 Å². The molecular weight excluding hydrogens is 314 g/mol. The van der Waals surface area contributed by atoms with E-state index in [0.29, 0.717) is 31.8 Å². The largest absolute Gasteiger partial charge is 0.478 e. The first-order chi connectivity index (χ1) is 11.5. The number of nitrogens with one attached hydrogen (secondary N) is 1. The van der Waals surface area contributed by atoms with Gasteiger partial charge < -0.3 is 19.7 Å². The van der Waals surface area contributed by atoms with Crippen molar-refractivity contribution in [3.05, 3.63) is 47.1 Å². The van der Waals surface area contributed by atoms with Crippen LogP contribution in [0.1, 0.15) is 45.1 Å². The van der Waals surface area contributed by atoms with Gasteiger partial charge in [0.25, 0.3) is 5.91 Å². The van der Waals surface area contributed by atoms with Crippen molar-refractivity contribution in [2.45, 2.75) is 25.3 Å². The number of amides is 1. The van der Waals surface area contributed by atoms with Crippen molar-refractivity contribution in [3.63, 3.8) is 0 Å². The third-order valence-electron chi connectivity index (χ3n) is 4.04. The number of carboxylic acid groups (broad SMARTS) is 1. The van der Waals surface area contributed by atoms with Crippen molar-refractivity contribution in [3.8, 4) is 0 Å². The second-order valence-corrected chi connectivity index (χ2v) is 5.72. The fraction of sp³-hybridized carbons (Fsp3) is 0.375. The zero-order valence-corrected chi connectivity index (χ0v) is 13.1. The van der Waals surface area contributed by atoms with Crippen LogP contribution < -0.4 is 5.32 Å². The maximum absolute atomic E-state index is 12.6. The lowest BCUT2D eigenvalue weighted by Gasteiger charge is -2.35. The fourth-order valence-electron chi connectivity index (χ4n) is 2.68. The molecule has 1 amide bonds. The molecule has 126 valence electrons. The summed E-state index contributed by atoms with van der Waals surface area (Å²) in [5.41, 5.74) is 0.193. The van der Waals surface area contributed by atoms with Gasteiger partial charge in [0.05, 0.1) is 11.3 Å². The Morgan fingerprint density at radius 3 is 2.58 bits per heavy atom. The lowest BCUT2D eigenvalue weighted by molar-refractivity contribution is 0.0241. The number of carbonyl (C=O) groups excluding carboxylic acids is 1. The van der Waals surface area contributed by atoms with Gasteiger partial charge in [0.15, 0.2) is 5.76 Å². The lowest BCUT2D eigenvalue weighted by atomic mass is 9.87. The van der Waals surface area contributed by atoms with E-state index >= 15 is 0 Å². The molecule has 1 aliphatic rings. The van der Waals surface area contributed by atoms with Crippen LogP contribution in [0.25, 0.3) is 0 Å². The molecule has 0 atom stereocenters. The fourth-order valence-corrected chi connectivity index (χ4v) is 2.68. The molecule has 2 N–H and O–H groups in total. The topological polar surface area (TPSA) is 115 Å². The van der Waals surface area contributed by atoms with Gasteiger partial charge in [-0.25, -0.2) is 4.79 Å². The van der Waals surface area contributed by atoms with Gasteiger partial charge in [-0.05, 0) is 19.1 Å². The maximum Gasteiger partial charge on any atom is 0.337 e. The summed E-state index contributed by atoms with van der Waals surface area (Å²) in [6.45, 7) is 2.80. The first kappa shape index (κ1) is 16.1. The molecule has 1 aliphatic heterocycles. The van der Waals surface area contributed by atoms with Crippen LogP contribution in [0.3, 0.4) is 0 Å². The number of carboxylic acids is 1. The van der Waals surface area contributed by atoms with E-state index in [9.17, 15) is 9.59 Å². The Morgan fingerprint density at radius 1 is 1.29 bits per heavy atom. The normalized spacial score (nSPS) is 16.5. The molecule has 0 unspecified atom stereocenters. The smallest absolute Gasteiger partial charge is 0.337 e. The number of aromatic nitrogens is 2. The molecular formula is C16H17N3O5. The van der Waals surface area contributed by atoms with Crippen LogP contribution in [-0.4, -0.2) is 40.3 Å². The minimum Gasteiger partial charge on any atom is -0.478 e. The summed E-state index contributed by atoms with van der Waals surface area (Å²) in [7, 11) is 0. The van der Waals surface area contributed by atoms with Crippen LogP contribution in [0, 0.1) is 6.92 Å². The van der Waals surface area contributed by atoms with E-state index in [-0.39, 0.29) is 11.3 Å². The van der Waals surface area contributed by atoms with Gasteiger partial charge in [0.1, 0.15) is 11.2 Å². The van der Waals surface area contributed by atoms with Gasteiger partial charge in [0, 0.05) is 38.3 Å². The number of nitrogens with zero attached hydrogens (tertiary/aromatic N) is 2. The van der Waals surface area contributed by atoms with Gasteiger partial charge in [-0.3, -0.25) is 9.78 Å². The summed E-state index contributed by atoms with van der Waals surface area (Å²) in [6.07, 6.45) is 2.27. The summed E-state index contributed by atoms with van der Waals surface area (Å²) in [5.74, 6) is -0.908. The number of pyridine rings is 1. The number of carbonyl (C=O) groups is 2. The third kappa shape index (κ3) is 3.13. The highest BCUT2D eigenvalue weighted by atomic mass is 16.5. The van der Waals surface area contributed by atoms with Crippen LogP contribution in [0.15, 0.2) is 28.9 Å². The molecule has 0 saturated carbocycles. The number of aromatic carboxylic acids is 1. The Morgan fingerprint density at radius 2 is 2.04 bits per heavy atom. The first-order valence-electron chi connectivity index (χ1n) is 7.54. The summed E-state index contributed by atoms with van der Waals surface area (Å²) < 4.78 is 10.8. The SMILES string of the molecule is Cc1cc(C2(NC(=O)c3ccc(C(=O)O)cn3)CCOCC2)on1. The molecule has 0 aliphatic carbocycles. The van der Waals surface area contributed by atoms with E-state index < -0.39 is 17.4 Å². The highest BCUT2D eigenvalue weighted by Gasteiger charge is 2.40. The Bertz CT molecular complexity index is 747. The molecule has 0 aromatic carbocycles. The molecule has 8 nitrogen and oxygen atoms in total. The highest BCUT2D eigenvalue weighted by molar-refractivity contribution is 5.94. The van der Waals surface area contributed by atoms with E-state index in [1.54, 1.807) is 6.07 Å². The van der Waals surface area contributed by atoms with Gasteiger partial charge in [-0.2, -0.15) is 0 Å². The van der Waals surface area contributed by atoms with E-state index in [1.165, 1.54) is 12.1 Å². The molecule has 8 heteroatoms. The minimum atomic E-state index is -1.09. The Kier molecular flexibility index (Phi) is 4.30. The molecule has 0 spiro atoms. The van der Waals surface area contributed by atoms with E-state index in [2.05, 4.69) is 15.5 Å². The molecule has 3 rings (SSSR count). The standard InChI is InChI=1S/C16H17N3O5/c1-10-8-13(24-19-10)16(4-6-23-7-5-16)18-14(20)12-3-2-11(9-17-12)15(21)22/h2-3,8-9H,4-7H2,1H3,(H,18,20)(H,21,22). The highest BCUT2D eigenvalue weighted by Crippen LogP contribution is 2.32. The van der Waals surface area contributed by atoms with Gasteiger partial charge in [-0.15, -0.1) is 0 Å². The summed E-state index contributed by atoms with van der Waals surface area (Å²) in [4.78, 5) is 27.3. The van der Waals surface area contributed by atoms with Crippen molar-refractivity contribution in [2.24, 2.45) is 0 Å². The second kappa shape index (κ2) is 6.40. The van der Waals surface area contributed by atoms with Crippen LogP contribution in [0.4, 0.5) is 0 Å². The third-order valence-corrected chi connectivity index (χ3v) is 4.04. The van der Waals surface area contributed by atoms with E-state index in [0.717, 1.165) is 11.9 Å². The lowest BCUT2D eigenvalue weighted by Crippen LogP contribution is -2.49. The van der Waals surface area contributed by atoms with Crippen molar-refractivity contribution >= 4 is 11.9 Å². The summed E-state index contributed by atoms with van der Waals surface area (Å²) >= 11 is 0. The van der Waals surface area contributed by atoms with E-state index in [1.807, 2.05) is 6.92 Å². The number of hydrogen-bond acceptors (Lipinski definition) is 6. The zero-order chi connectivity index (χ0) is 17.2. The molecule has 2 aromatic heterocycles. The average Bonchev–Trinajstić information content (AvgIpc) is 3.03. The molecule has 2 aromatic rings. The van der Waals surface area contributed by atoms with Crippen molar-refractivity contribution in [1.29, 1.82) is 0 Å². The van der Waals surface area contributed by atoms with Crippen LogP contribution in [0.2, 0.25) is 0 Å². The minimum absolute atomic E-state index is 0.0261. The monoisotopic (exact) mass is 331 g/mol. The Labute approximate surface area is 137 Å². The predicted molar refractivity (Wildman–Crippen MR) is 81.6 cm³/mol. The summed E-state index contributed by atoms with van der Waals surface area (Å²) in [6, 6.07) is 4.53. The molecule has 24 heavy (non-hydrogen) atoms. The maximum atomic E-state index is 12.6. The van der Waals surface area contributed by atoms with Crippen LogP contribution in [-0.2, 0) is 10.3 Å². The Hall–Kier alpha value is -2.74. The summed E-state index contributed by atoms with van der Waals surface area (Å²) in [5, 5.41) is 15.8. The molecule has 0 radical (unpaired) electrons. The Balaban J connectivity index is 1.84. The molecule has 3 heterocycles. The van der Waals surface area contributed by atoms with Crippen LogP contribution in [0.5, 0.6) is 0 Å². The number of aryl methyl sites for hydroxylation is 1. The quantitative estimate of drug-likeness (QED) is 0.872. The second-order valence-electron chi connectivity index (χ2n) is 5.72. The van der Waals surface area contributed by atoms with Gasteiger partial charge in [-0.1, -0.05) is 5.16 Å². The van der Waals surface area contributed by atoms with Crippen LogP contribution >= 0.6 is 0 Å². The first-order valence-corrected chi connectivity index (χ1v) is 7.54. The van der Waals surface area contributed by atoms with E-state index in [4.69, 9.17) is 14.4 Å². The molecule has 0 bridgehead atoms. The molecule has 1 saturated heterocycles. The predicted octanol–water partition coefficient (Wildman–Crippen LogP) is 1.51. The zero-order valence-electron chi connectivity index (χ0n) is 13.1. The van der Waals surface area contributed by atoms with Gasteiger partial charge >= 0.3 is 5.97 Å². The van der Waals surface area contributed by atoms with Crippen molar-refractivity contribution in [2.75, 3.05) is 13.2 Å². The average molecular weight is 331 g/mol. The molecule has 1 fully saturated rings. The van der Waals surface area contributed by atoms with Crippen molar-refractivity contribution in [1.82, 2.24) is 15.5 Å². The van der Waals surface area contributed by atoms with Gasteiger partial charge in [0.2, 0.25) is 0 Å². The number of hydrogen-bond donors (Lipinski definition) is 2. The number of rotatable bonds is 4.